The maximum atomic E-state index is 13.1. The lowest BCUT2D eigenvalue weighted by Gasteiger charge is -2.12. The molecule has 2 N–H and O–H groups in total. The molecule has 0 aromatic heterocycles. The van der Waals surface area contributed by atoms with Gasteiger partial charge in [0.15, 0.2) is 5.11 Å². The van der Waals surface area contributed by atoms with E-state index < -0.39 is 11.6 Å². The van der Waals surface area contributed by atoms with Crippen LogP contribution < -0.4 is 15.4 Å². The van der Waals surface area contributed by atoms with Crippen molar-refractivity contribution in [3.05, 3.63) is 53.1 Å². The maximum Gasteiger partial charge on any atom is 0.175 e. The molecule has 0 saturated heterocycles. The highest BCUT2D eigenvalue weighted by Crippen LogP contribution is 2.27. The summed E-state index contributed by atoms with van der Waals surface area (Å²) >= 11 is 11.1. The van der Waals surface area contributed by atoms with Crippen molar-refractivity contribution in [2.24, 2.45) is 0 Å². The van der Waals surface area contributed by atoms with E-state index in [9.17, 15) is 8.78 Å². The van der Waals surface area contributed by atoms with Gasteiger partial charge in [0, 0.05) is 17.4 Å². The van der Waals surface area contributed by atoms with Gasteiger partial charge in [-0.3, -0.25) is 0 Å². The number of anilines is 2. The number of hydrogen-bond acceptors (Lipinski definition) is 2. The summed E-state index contributed by atoms with van der Waals surface area (Å²) in [5, 5.41) is 6.14. The third-order valence-corrected chi connectivity index (χ3v) is 3.03. The van der Waals surface area contributed by atoms with Gasteiger partial charge >= 0.3 is 0 Å². The molecule has 0 amide bonds. The maximum absolute atomic E-state index is 13.1. The van der Waals surface area contributed by atoms with Crippen LogP contribution in [0.25, 0.3) is 0 Å². The Morgan fingerprint density at radius 3 is 2.24 bits per heavy atom. The molecule has 0 saturated carbocycles. The predicted molar refractivity (Wildman–Crippen MR) is 84.2 cm³/mol. The summed E-state index contributed by atoms with van der Waals surface area (Å²) in [5.41, 5.74) is 0.833. The zero-order chi connectivity index (χ0) is 15.4. The second-order valence-electron chi connectivity index (χ2n) is 4.09. The van der Waals surface area contributed by atoms with Crippen molar-refractivity contribution in [3.8, 4) is 5.75 Å². The quantitative estimate of drug-likeness (QED) is 0.816. The number of rotatable bonds is 3. The first-order valence-electron chi connectivity index (χ1n) is 5.85. The van der Waals surface area contributed by atoms with E-state index in [2.05, 4.69) is 10.6 Å². The average Bonchev–Trinajstić information content (AvgIpc) is 2.37. The number of halogens is 3. The van der Waals surface area contributed by atoms with E-state index >= 15 is 0 Å². The Labute approximate surface area is 130 Å². The Bertz CT molecular complexity index is 662. The SMILES string of the molecule is COc1ccc(NC(=S)Nc2cc(F)cc(F)c2)cc1Cl. The highest BCUT2D eigenvalue weighted by molar-refractivity contribution is 7.80. The number of ether oxygens (including phenoxy) is 1. The summed E-state index contributed by atoms with van der Waals surface area (Å²) in [5.74, 6) is -0.839. The van der Waals surface area contributed by atoms with Crippen LogP contribution in [0.4, 0.5) is 20.2 Å². The van der Waals surface area contributed by atoms with Crippen LogP contribution >= 0.6 is 23.8 Å². The van der Waals surface area contributed by atoms with Crippen LogP contribution in [0.3, 0.4) is 0 Å². The summed E-state index contributed by atoms with van der Waals surface area (Å²) in [6, 6.07) is 8.07. The number of methoxy groups -OCH3 is 1. The molecule has 2 aromatic carbocycles. The molecule has 0 aliphatic carbocycles. The first-order valence-corrected chi connectivity index (χ1v) is 6.64. The minimum atomic E-state index is -0.687. The Hall–Kier alpha value is -1.92. The molecule has 21 heavy (non-hydrogen) atoms. The Balaban J connectivity index is 2.06. The third kappa shape index (κ3) is 4.27. The second kappa shape index (κ2) is 6.69. The van der Waals surface area contributed by atoms with Gasteiger partial charge in [0.05, 0.1) is 12.1 Å². The standard InChI is InChI=1S/C14H11ClF2N2OS/c1-20-13-3-2-10(7-12(13)15)18-14(21)19-11-5-8(16)4-9(17)6-11/h2-7H,1H3,(H2,18,19,21). The topological polar surface area (TPSA) is 33.3 Å². The smallest absolute Gasteiger partial charge is 0.175 e. The van der Waals surface area contributed by atoms with Gasteiger partial charge in [-0.1, -0.05) is 11.6 Å². The molecule has 2 aromatic rings. The molecule has 0 fully saturated rings. The van der Waals surface area contributed by atoms with Crippen molar-refractivity contribution in [1.82, 2.24) is 0 Å². The van der Waals surface area contributed by atoms with Gasteiger partial charge < -0.3 is 15.4 Å². The zero-order valence-electron chi connectivity index (χ0n) is 10.9. The van der Waals surface area contributed by atoms with Crippen LogP contribution in [0.15, 0.2) is 36.4 Å². The molecule has 0 aliphatic rings. The van der Waals surface area contributed by atoms with Crippen LogP contribution in [0.2, 0.25) is 5.02 Å². The molecule has 7 heteroatoms. The molecule has 3 nitrogen and oxygen atoms in total. The van der Waals surface area contributed by atoms with Crippen LogP contribution in [-0.4, -0.2) is 12.2 Å². The third-order valence-electron chi connectivity index (χ3n) is 2.53. The Kier molecular flexibility index (Phi) is 4.93. The van der Waals surface area contributed by atoms with Crippen LogP contribution in [0.1, 0.15) is 0 Å². The fraction of sp³-hybridized carbons (Fsp3) is 0.0714. The summed E-state index contributed by atoms with van der Waals surface area (Å²) in [6.07, 6.45) is 0. The lowest BCUT2D eigenvalue weighted by atomic mass is 10.3. The van der Waals surface area contributed by atoms with E-state index in [1.807, 2.05) is 0 Å². The Morgan fingerprint density at radius 2 is 1.67 bits per heavy atom. The van der Waals surface area contributed by atoms with Crippen molar-refractivity contribution in [3.63, 3.8) is 0 Å². The van der Waals surface area contributed by atoms with Crippen molar-refractivity contribution in [2.75, 3.05) is 17.7 Å². The van der Waals surface area contributed by atoms with E-state index in [0.717, 1.165) is 18.2 Å². The molecular weight excluding hydrogens is 318 g/mol. The monoisotopic (exact) mass is 328 g/mol. The van der Waals surface area contributed by atoms with Gasteiger partial charge in [0.1, 0.15) is 17.4 Å². The molecular formula is C14H11ClF2N2OS. The lowest BCUT2D eigenvalue weighted by Crippen LogP contribution is -2.19. The highest BCUT2D eigenvalue weighted by atomic mass is 35.5. The number of thiocarbonyl (C=S) groups is 1. The van der Waals surface area contributed by atoms with Crippen molar-refractivity contribution in [2.45, 2.75) is 0 Å². The average molecular weight is 329 g/mol. The van der Waals surface area contributed by atoms with Crippen molar-refractivity contribution < 1.29 is 13.5 Å². The highest BCUT2D eigenvalue weighted by Gasteiger charge is 2.05. The van der Waals surface area contributed by atoms with E-state index in [-0.39, 0.29) is 10.8 Å². The number of benzene rings is 2. The van der Waals surface area contributed by atoms with Crippen molar-refractivity contribution in [1.29, 1.82) is 0 Å². The summed E-state index contributed by atoms with van der Waals surface area (Å²) in [4.78, 5) is 0. The van der Waals surface area contributed by atoms with Gasteiger partial charge in [-0.05, 0) is 42.5 Å². The molecule has 0 aliphatic heterocycles. The lowest BCUT2D eigenvalue weighted by molar-refractivity contribution is 0.415. The summed E-state index contributed by atoms with van der Waals surface area (Å²) < 4.78 is 31.2. The minimum Gasteiger partial charge on any atom is -0.495 e. The largest absolute Gasteiger partial charge is 0.495 e. The number of nitrogens with one attached hydrogen (secondary N) is 2. The molecule has 0 unspecified atom stereocenters. The first-order chi connectivity index (χ1) is 9.97. The molecule has 0 bridgehead atoms. The van der Waals surface area contributed by atoms with Gasteiger partial charge in [-0.15, -0.1) is 0 Å². The van der Waals surface area contributed by atoms with Gasteiger partial charge in [-0.25, -0.2) is 8.78 Å². The predicted octanol–water partition coefficient (Wildman–Crippen LogP) is 4.44. The van der Waals surface area contributed by atoms with Crippen LogP contribution in [0.5, 0.6) is 5.75 Å². The van der Waals surface area contributed by atoms with Gasteiger partial charge in [0.25, 0.3) is 0 Å². The molecule has 2 rings (SSSR count). The van der Waals surface area contributed by atoms with Gasteiger partial charge in [-0.2, -0.15) is 0 Å². The van der Waals surface area contributed by atoms with Crippen LogP contribution in [-0.2, 0) is 0 Å². The van der Waals surface area contributed by atoms with Crippen LogP contribution in [0, 0.1) is 11.6 Å². The molecule has 0 heterocycles. The van der Waals surface area contributed by atoms with Crippen molar-refractivity contribution >= 4 is 40.3 Å². The normalized spacial score (nSPS) is 10.1. The number of hydrogen-bond donors (Lipinski definition) is 2. The summed E-state index contributed by atoms with van der Waals surface area (Å²) in [7, 11) is 1.51. The fourth-order valence-electron chi connectivity index (χ4n) is 1.66. The minimum absolute atomic E-state index is 0.182. The molecule has 0 radical (unpaired) electrons. The molecule has 0 atom stereocenters. The second-order valence-corrected chi connectivity index (χ2v) is 4.90. The van der Waals surface area contributed by atoms with E-state index in [4.69, 9.17) is 28.6 Å². The van der Waals surface area contributed by atoms with Gasteiger partial charge in [0.2, 0.25) is 0 Å². The van der Waals surface area contributed by atoms with E-state index in [1.54, 1.807) is 18.2 Å². The van der Waals surface area contributed by atoms with E-state index in [0.29, 0.717) is 16.5 Å². The Morgan fingerprint density at radius 1 is 1.05 bits per heavy atom. The zero-order valence-corrected chi connectivity index (χ0v) is 12.5. The first kappa shape index (κ1) is 15.5. The fourth-order valence-corrected chi connectivity index (χ4v) is 2.16. The molecule has 0 spiro atoms. The summed E-state index contributed by atoms with van der Waals surface area (Å²) in [6.45, 7) is 0. The molecule has 110 valence electrons. The van der Waals surface area contributed by atoms with E-state index in [1.165, 1.54) is 7.11 Å².